The van der Waals surface area contributed by atoms with Crippen LogP contribution in [-0.2, 0) is 0 Å². The molecule has 2 aromatic heterocycles. The molecule has 0 saturated heterocycles. The number of pyridine rings is 1. The molecule has 76 valence electrons. The third-order valence-electron chi connectivity index (χ3n) is 2.36. The molecule has 0 bridgehead atoms. The minimum atomic E-state index is 0.113. The summed E-state index contributed by atoms with van der Waals surface area (Å²) >= 11 is 1.72. The second-order valence-corrected chi connectivity index (χ2v) is 4.33. The van der Waals surface area contributed by atoms with Crippen LogP contribution in [0.5, 0.6) is 5.75 Å². The van der Waals surface area contributed by atoms with Gasteiger partial charge in [-0.3, -0.25) is 0 Å². The minimum Gasteiger partial charge on any atom is -0.479 e. The van der Waals surface area contributed by atoms with Gasteiger partial charge in [-0.1, -0.05) is 6.07 Å². The maximum Gasteiger partial charge on any atom is 0.168 e. The molecule has 0 aliphatic carbocycles. The van der Waals surface area contributed by atoms with Gasteiger partial charge in [0.25, 0.3) is 0 Å². The number of anilines is 1. The van der Waals surface area contributed by atoms with Crippen LogP contribution in [0.15, 0.2) is 35.8 Å². The van der Waals surface area contributed by atoms with Gasteiger partial charge >= 0.3 is 0 Å². The predicted molar refractivity (Wildman–Crippen MR) is 60.4 cm³/mol. The lowest BCUT2D eigenvalue weighted by atomic mass is 10.2. The first-order valence-corrected chi connectivity index (χ1v) is 5.70. The maximum atomic E-state index is 5.86. The Kier molecular flexibility index (Phi) is 2.07. The number of hydrogen-bond donors (Lipinski definition) is 1. The number of nitrogens with one attached hydrogen (secondary N) is 1. The van der Waals surface area contributed by atoms with Crippen molar-refractivity contribution in [3.63, 3.8) is 0 Å². The first kappa shape index (κ1) is 8.73. The Balaban J connectivity index is 1.89. The fraction of sp³-hybridized carbons (Fsp3) is 0.182. The monoisotopic (exact) mass is 218 g/mol. The van der Waals surface area contributed by atoms with Crippen LogP contribution in [0.25, 0.3) is 0 Å². The second kappa shape index (κ2) is 3.55. The van der Waals surface area contributed by atoms with Crippen molar-refractivity contribution in [3.8, 4) is 5.75 Å². The summed E-state index contributed by atoms with van der Waals surface area (Å²) in [6.45, 7) is 0.782. The number of rotatable bonds is 1. The van der Waals surface area contributed by atoms with Crippen molar-refractivity contribution in [2.75, 3.05) is 11.9 Å². The van der Waals surface area contributed by atoms with Gasteiger partial charge in [-0.05, 0) is 23.6 Å². The van der Waals surface area contributed by atoms with Crippen LogP contribution < -0.4 is 10.1 Å². The molecule has 2 aromatic rings. The summed E-state index contributed by atoms with van der Waals surface area (Å²) in [7, 11) is 0. The van der Waals surface area contributed by atoms with E-state index in [2.05, 4.69) is 21.7 Å². The average molecular weight is 218 g/mol. The Morgan fingerprint density at radius 2 is 2.40 bits per heavy atom. The van der Waals surface area contributed by atoms with E-state index in [1.54, 1.807) is 17.5 Å². The van der Waals surface area contributed by atoms with Gasteiger partial charge in [0.05, 0.1) is 6.54 Å². The van der Waals surface area contributed by atoms with E-state index in [1.807, 2.05) is 18.2 Å². The molecule has 1 N–H and O–H groups in total. The first-order chi connectivity index (χ1) is 7.43. The summed E-state index contributed by atoms with van der Waals surface area (Å²) < 4.78 is 5.86. The van der Waals surface area contributed by atoms with Gasteiger partial charge in [-0.25, -0.2) is 4.98 Å². The lowest BCUT2D eigenvalue weighted by Crippen LogP contribution is -2.23. The zero-order valence-corrected chi connectivity index (χ0v) is 8.83. The molecule has 15 heavy (non-hydrogen) atoms. The number of aromatic nitrogens is 1. The standard InChI is InChI=1S/C11H10N2OS/c1-3-8-11(12-5-1)13-7-9(14-8)10-4-2-6-15-10/h1-6,9H,7H2,(H,12,13). The van der Waals surface area contributed by atoms with Crippen LogP contribution in [0.2, 0.25) is 0 Å². The van der Waals surface area contributed by atoms with Crippen LogP contribution in [0.3, 0.4) is 0 Å². The van der Waals surface area contributed by atoms with Gasteiger partial charge in [-0.15, -0.1) is 11.3 Å². The molecule has 3 nitrogen and oxygen atoms in total. The number of hydrogen-bond acceptors (Lipinski definition) is 4. The summed E-state index contributed by atoms with van der Waals surface area (Å²) in [5, 5.41) is 5.34. The number of ether oxygens (including phenoxy) is 1. The van der Waals surface area contributed by atoms with Crippen LogP contribution in [0.1, 0.15) is 11.0 Å². The molecular weight excluding hydrogens is 208 g/mol. The predicted octanol–water partition coefficient (Wildman–Crippen LogP) is 2.69. The van der Waals surface area contributed by atoms with Gasteiger partial charge in [0.1, 0.15) is 0 Å². The van der Waals surface area contributed by atoms with Crippen molar-refractivity contribution in [1.29, 1.82) is 0 Å². The molecule has 1 unspecified atom stereocenters. The van der Waals surface area contributed by atoms with Crippen LogP contribution >= 0.6 is 11.3 Å². The van der Waals surface area contributed by atoms with Crippen molar-refractivity contribution in [1.82, 2.24) is 4.98 Å². The van der Waals surface area contributed by atoms with Crippen molar-refractivity contribution >= 4 is 17.2 Å². The summed E-state index contributed by atoms with van der Waals surface area (Å²) in [5.41, 5.74) is 0. The normalized spacial score (nSPS) is 18.8. The summed E-state index contributed by atoms with van der Waals surface area (Å²) in [5.74, 6) is 1.67. The zero-order chi connectivity index (χ0) is 10.1. The molecule has 3 rings (SSSR count). The van der Waals surface area contributed by atoms with E-state index in [-0.39, 0.29) is 6.10 Å². The van der Waals surface area contributed by atoms with Gasteiger partial charge in [0, 0.05) is 11.1 Å². The molecule has 3 heterocycles. The fourth-order valence-corrected chi connectivity index (χ4v) is 2.39. The Morgan fingerprint density at radius 1 is 1.40 bits per heavy atom. The largest absolute Gasteiger partial charge is 0.479 e. The van der Waals surface area contributed by atoms with Crippen LogP contribution in [0, 0.1) is 0 Å². The molecule has 0 saturated carbocycles. The Hall–Kier alpha value is -1.55. The highest BCUT2D eigenvalue weighted by Crippen LogP contribution is 2.33. The van der Waals surface area contributed by atoms with Crippen molar-refractivity contribution in [3.05, 3.63) is 40.7 Å². The topological polar surface area (TPSA) is 34.2 Å². The Bertz CT molecular complexity index is 455. The highest BCUT2D eigenvalue weighted by Gasteiger charge is 2.21. The van der Waals surface area contributed by atoms with Gasteiger partial charge in [-0.2, -0.15) is 0 Å². The summed E-state index contributed by atoms with van der Waals surface area (Å²) in [6.07, 6.45) is 1.88. The maximum absolute atomic E-state index is 5.86. The Morgan fingerprint density at radius 3 is 3.27 bits per heavy atom. The number of nitrogens with zero attached hydrogens (tertiary/aromatic N) is 1. The molecule has 1 aliphatic rings. The van der Waals surface area contributed by atoms with Crippen LogP contribution in [0.4, 0.5) is 5.82 Å². The van der Waals surface area contributed by atoms with Gasteiger partial charge < -0.3 is 10.1 Å². The number of fused-ring (bicyclic) bond motifs is 1. The third-order valence-corrected chi connectivity index (χ3v) is 3.32. The molecular formula is C11H10N2OS. The second-order valence-electron chi connectivity index (χ2n) is 3.35. The average Bonchev–Trinajstić information content (AvgIpc) is 2.82. The summed E-state index contributed by atoms with van der Waals surface area (Å²) in [6, 6.07) is 7.97. The van der Waals surface area contributed by atoms with E-state index < -0.39 is 0 Å². The third kappa shape index (κ3) is 1.57. The van der Waals surface area contributed by atoms with E-state index >= 15 is 0 Å². The molecule has 1 atom stereocenters. The highest BCUT2D eigenvalue weighted by atomic mass is 32.1. The zero-order valence-electron chi connectivity index (χ0n) is 8.01. The minimum absolute atomic E-state index is 0.113. The van der Waals surface area contributed by atoms with Crippen LogP contribution in [-0.4, -0.2) is 11.5 Å². The lowest BCUT2D eigenvalue weighted by Gasteiger charge is -2.25. The smallest absolute Gasteiger partial charge is 0.168 e. The molecule has 0 fully saturated rings. The van der Waals surface area contributed by atoms with E-state index in [0.29, 0.717) is 0 Å². The molecule has 0 spiro atoms. The lowest BCUT2D eigenvalue weighted by molar-refractivity contribution is 0.213. The first-order valence-electron chi connectivity index (χ1n) is 4.82. The SMILES string of the molecule is c1csc(C2CNc3ncccc3O2)c1. The van der Waals surface area contributed by atoms with E-state index in [4.69, 9.17) is 4.74 Å². The van der Waals surface area contributed by atoms with E-state index in [1.165, 1.54) is 4.88 Å². The number of thiophene rings is 1. The fourth-order valence-electron chi connectivity index (χ4n) is 1.64. The van der Waals surface area contributed by atoms with Crippen molar-refractivity contribution in [2.24, 2.45) is 0 Å². The van der Waals surface area contributed by atoms with Crippen molar-refractivity contribution < 1.29 is 4.74 Å². The highest BCUT2D eigenvalue weighted by molar-refractivity contribution is 7.10. The Labute approximate surface area is 91.7 Å². The summed E-state index contributed by atoms with van der Waals surface area (Å²) in [4.78, 5) is 5.45. The molecule has 0 aromatic carbocycles. The molecule has 4 heteroatoms. The van der Waals surface area contributed by atoms with Gasteiger partial charge in [0.15, 0.2) is 17.7 Å². The molecule has 0 radical (unpaired) electrons. The quantitative estimate of drug-likeness (QED) is 0.799. The van der Waals surface area contributed by atoms with E-state index in [9.17, 15) is 0 Å². The van der Waals surface area contributed by atoms with Gasteiger partial charge in [0.2, 0.25) is 0 Å². The van der Waals surface area contributed by atoms with E-state index in [0.717, 1.165) is 18.1 Å². The molecule has 0 amide bonds. The van der Waals surface area contributed by atoms with Crippen molar-refractivity contribution in [2.45, 2.75) is 6.10 Å². The molecule has 1 aliphatic heterocycles.